The number of rotatable bonds is 22. The van der Waals surface area contributed by atoms with Gasteiger partial charge in [0.1, 0.15) is 35.5 Å². The first-order chi connectivity index (χ1) is 56.3. The number of hydrogen-bond acceptors (Lipinski definition) is 31. The molecule has 620 valence electrons. The third-order valence-electron chi connectivity index (χ3n) is 16.4. The first-order valence-electron chi connectivity index (χ1n) is 35.1. The molecule has 5 aromatic carbocycles. The van der Waals surface area contributed by atoms with E-state index in [1.165, 1.54) is 39.4 Å². The van der Waals surface area contributed by atoms with Gasteiger partial charge in [0.05, 0.1) is 44.1 Å². The molecule has 0 radical (unpaired) electrons. The van der Waals surface area contributed by atoms with Crippen LogP contribution in [0.4, 0.5) is 43.9 Å². The van der Waals surface area contributed by atoms with Gasteiger partial charge in [0, 0.05) is 91.0 Å². The number of esters is 1. The Labute approximate surface area is 683 Å². The van der Waals surface area contributed by atoms with Crippen molar-refractivity contribution in [2.24, 2.45) is 0 Å². The molecule has 0 fully saturated rings. The zero-order valence-electron chi connectivity index (χ0n) is 63.5. The molecule has 0 aliphatic heterocycles. The van der Waals surface area contributed by atoms with Crippen LogP contribution in [0.15, 0.2) is 190 Å². The zero-order chi connectivity index (χ0) is 85.9. The summed E-state index contributed by atoms with van der Waals surface area (Å²) in [7, 11) is 0. The average molecular weight is 1720 g/mol. The molecule has 15 rings (SSSR count). The molecular weight excluding hydrogens is 1660 g/mol. The number of hydrogen-bond donors (Lipinski definition) is 5. The van der Waals surface area contributed by atoms with E-state index in [0.717, 1.165) is 31.8 Å². The van der Waals surface area contributed by atoms with Gasteiger partial charge in [0.2, 0.25) is 29.1 Å². The van der Waals surface area contributed by atoms with Gasteiger partial charge in [-0.25, -0.2) is 24.7 Å². The summed E-state index contributed by atoms with van der Waals surface area (Å²) in [5.41, 5.74) is 10.1. The molecule has 0 amide bonds. The molecule has 119 heavy (non-hydrogen) atoms. The first kappa shape index (κ1) is 87.9. The standard InChI is InChI=1S/C17H15F2N3O4S.C17H15F2N3O2.2C15H13F2N3O2S.C14H11F2N3O2S/c1-3-25-15(24)11-8-27-14(20-11)12(23)9-4-6-10(7-5-9)13-21-16(26-22-13)17(2,18)19;1-10-3-8-13(20-9-10)14(23)11-4-6-12(7-5-11)15-21-16(24-22-15)17(2,18)19;1-8-18-11(7-23-8)12(21)9-3-5-10(6-4-9)13-19-14(22-20-13)15(2,16)17;1-8-18-7-11(23-8)12(21)9-3-5-10(6-4-9)13-19-14(22-20-13)15(2,16)17;1-14(15,16)13-18-12(19-21-13)9-4-2-8(3-5-9)11(20)10-6-22-7-17-10/h4-8,12,23H,3H2,1-2H3;3-9,14,23H,1-2H3;2*3-7,12,21H,1-2H3;2-7,11,20H,1H3. The van der Waals surface area contributed by atoms with Gasteiger partial charge < -0.3 is 52.9 Å². The Morgan fingerprint density at radius 1 is 0.387 bits per heavy atom. The Hall–Kier alpha value is -12.0. The van der Waals surface area contributed by atoms with Gasteiger partial charge in [-0.15, -0.1) is 45.3 Å². The SMILES string of the molecule is CC(F)(F)c1nc(-c2ccc(C(O)c3cscn3)cc2)no1.CCOC(=O)c1csc(C(O)c2ccc(-c3noc(C(C)(F)F)n3)cc2)n1.Cc1ccc(C(O)c2ccc(-c3noc(C(C)(F)F)n3)cc2)nc1.Cc1nc(C(O)c2ccc(-c3noc(C(C)(F)F)n3)cc2)cs1.Cc1ncc(C(O)c2ccc(-c3noc(C(C)(F)F)n3)cc2)s1. The van der Waals surface area contributed by atoms with E-state index >= 15 is 0 Å². The van der Waals surface area contributed by atoms with Crippen molar-refractivity contribution in [3.8, 4) is 56.9 Å². The van der Waals surface area contributed by atoms with Crippen molar-refractivity contribution in [3.05, 3.63) is 273 Å². The molecule has 41 heteroatoms. The molecule has 0 spiro atoms. The van der Waals surface area contributed by atoms with Gasteiger partial charge in [-0.3, -0.25) is 4.98 Å². The highest BCUT2D eigenvalue weighted by Crippen LogP contribution is 2.37. The van der Waals surface area contributed by atoms with Crippen molar-refractivity contribution >= 4 is 51.3 Å². The van der Waals surface area contributed by atoms with Crippen LogP contribution in [-0.4, -0.2) is 114 Å². The van der Waals surface area contributed by atoms with Crippen LogP contribution in [0.5, 0.6) is 0 Å². The van der Waals surface area contributed by atoms with E-state index in [1.807, 2.05) is 26.8 Å². The Morgan fingerprint density at radius 2 is 0.739 bits per heavy atom. The Morgan fingerprint density at radius 3 is 1.03 bits per heavy atom. The zero-order valence-corrected chi connectivity index (χ0v) is 66.7. The smallest absolute Gasteiger partial charge is 0.357 e. The number of aliphatic hydroxyl groups excluding tert-OH is 5. The minimum Gasteiger partial charge on any atom is -0.461 e. The molecule has 5 N–H and O–H groups in total. The molecule has 0 aliphatic rings. The second-order valence-corrected chi connectivity index (χ2v) is 30.2. The number of aryl methyl sites for hydroxylation is 3. The van der Waals surface area contributed by atoms with E-state index in [-0.39, 0.29) is 41.4 Å². The summed E-state index contributed by atoms with van der Waals surface area (Å²) in [6.07, 6.45) is -1.06. The summed E-state index contributed by atoms with van der Waals surface area (Å²) >= 11 is 5.39. The van der Waals surface area contributed by atoms with Crippen molar-refractivity contribution in [3.63, 3.8) is 0 Å². The van der Waals surface area contributed by atoms with Crippen molar-refractivity contribution in [1.82, 2.24) is 75.6 Å². The molecule has 15 aromatic rings. The highest BCUT2D eigenvalue weighted by molar-refractivity contribution is 7.11. The third-order valence-corrected chi connectivity index (χ3v) is 19.7. The minimum absolute atomic E-state index is 0.0198. The van der Waals surface area contributed by atoms with Gasteiger partial charge in [0.15, 0.2) is 5.69 Å². The molecule has 10 heterocycles. The lowest BCUT2D eigenvalue weighted by molar-refractivity contribution is -0.0162. The summed E-state index contributed by atoms with van der Waals surface area (Å²) in [6, 6.07) is 36.4. The minimum atomic E-state index is -3.22. The largest absolute Gasteiger partial charge is 0.461 e. The second kappa shape index (κ2) is 37.3. The molecule has 0 saturated heterocycles. The topological polar surface area (TPSA) is 386 Å². The predicted octanol–water partition coefficient (Wildman–Crippen LogP) is 18.0. The van der Waals surface area contributed by atoms with Crippen molar-refractivity contribution in [2.75, 3.05) is 6.61 Å². The van der Waals surface area contributed by atoms with E-state index in [9.17, 15) is 74.2 Å². The maximum atomic E-state index is 13.2. The first-order valence-corrected chi connectivity index (χ1v) is 38.6. The third kappa shape index (κ3) is 22.9. The van der Waals surface area contributed by atoms with E-state index in [4.69, 9.17) is 4.74 Å². The molecule has 10 aromatic heterocycles. The number of nitrogens with zero attached hydrogens (tertiary/aromatic N) is 15. The van der Waals surface area contributed by atoms with Gasteiger partial charge in [-0.1, -0.05) is 153 Å². The van der Waals surface area contributed by atoms with Crippen LogP contribution in [0.25, 0.3) is 56.9 Å². The normalized spacial score (nSPS) is 13.1. The van der Waals surface area contributed by atoms with Crippen LogP contribution in [0.3, 0.4) is 0 Å². The highest BCUT2D eigenvalue weighted by Gasteiger charge is 2.37. The van der Waals surface area contributed by atoms with Gasteiger partial charge in [-0.05, 0) is 67.1 Å². The fraction of sp³-hybridized carbons (Fsp3) is 0.256. The van der Waals surface area contributed by atoms with Gasteiger partial charge in [-0.2, -0.15) is 68.8 Å². The number of carbonyl (C=O) groups excluding carboxylic acids is 1. The lowest BCUT2D eigenvalue weighted by atomic mass is 10.0. The van der Waals surface area contributed by atoms with Gasteiger partial charge in [0.25, 0.3) is 29.5 Å². The quantitative estimate of drug-likeness (QED) is 0.0311. The maximum absolute atomic E-state index is 13.2. The number of aromatic nitrogens is 15. The average Bonchev–Trinajstić information content (AvgIpc) is 1.73. The fourth-order valence-electron chi connectivity index (χ4n) is 10.2. The molecular formula is C78H67F10N15O12S4. The van der Waals surface area contributed by atoms with Gasteiger partial charge >= 0.3 is 35.6 Å². The lowest BCUT2D eigenvalue weighted by Gasteiger charge is -2.11. The molecule has 27 nitrogen and oxygen atoms in total. The van der Waals surface area contributed by atoms with Crippen molar-refractivity contribution in [2.45, 2.75) is 122 Å². The molecule has 5 unspecified atom stereocenters. The van der Waals surface area contributed by atoms with Crippen LogP contribution < -0.4 is 0 Å². The van der Waals surface area contributed by atoms with Crippen LogP contribution in [0, 0.1) is 20.8 Å². The summed E-state index contributed by atoms with van der Waals surface area (Å²) in [5, 5.41) is 76.4. The van der Waals surface area contributed by atoms with E-state index < -0.39 is 95.6 Å². The molecule has 0 aliphatic carbocycles. The molecule has 0 bridgehead atoms. The fourth-order valence-corrected chi connectivity index (χ4v) is 13.0. The molecule has 5 atom stereocenters. The van der Waals surface area contributed by atoms with Crippen molar-refractivity contribution < 1.29 is 102 Å². The Kier molecular flexibility index (Phi) is 27.6. The number of halogens is 10. The van der Waals surface area contributed by atoms with Crippen LogP contribution in [-0.2, 0) is 34.3 Å². The highest BCUT2D eigenvalue weighted by atomic mass is 32.1. The number of ether oxygens (including phenoxy) is 1. The Balaban J connectivity index is 0.000000146. The predicted molar refractivity (Wildman–Crippen MR) is 410 cm³/mol. The summed E-state index contributed by atoms with van der Waals surface area (Å²) in [5.74, 6) is -19.8. The number of carbonyl (C=O) groups is 1. The number of benzene rings is 5. The lowest BCUT2D eigenvalue weighted by Crippen LogP contribution is -2.07. The molecule has 0 saturated carbocycles. The summed E-state index contributed by atoms with van der Waals surface area (Å²) in [6.45, 7) is 11.0. The maximum Gasteiger partial charge on any atom is 0.357 e. The number of aliphatic hydroxyl groups is 5. The van der Waals surface area contributed by atoms with Crippen LogP contribution >= 0.6 is 45.3 Å². The van der Waals surface area contributed by atoms with E-state index in [0.29, 0.717) is 112 Å². The van der Waals surface area contributed by atoms with E-state index in [2.05, 4.69) is 98.2 Å². The number of alkyl halides is 10. The monoisotopic (exact) mass is 1720 g/mol. The number of thiazole rings is 4. The Bertz CT molecular complexity index is 5630. The van der Waals surface area contributed by atoms with Crippen LogP contribution in [0.2, 0.25) is 0 Å². The second-order valence-electron chi connectivity index (χ2n) is 26.2. The van der Waals surface area contributed by atoms with E-state index in [1.54, 1.807) is 163 Å². The summed E-state index contributed by atoms with van der Waals surface area (Å²) in [4.78, 5) is 51.5. The van der Waals surface area contributed by atoms with Crippen molar-refractivity contribution in [1.29, 1.82) is 0 Å². The van der Waals surface area contributed by atoms with Crippen LogP contribution in [0.1, 0.15) is 182 Å². The number of pyridine rings is 1. The summed E-state index contributed by atoms with van der Waals surface area (Å²) < 4.78 is 159.